The zero-order chi connectivity index (χ0) is 21.9. The molecule has 1 saturated heterocycles. The largest absolute Gasteiger partial charge is 0.354 e. The van der Waals surface area contributed by atoms with Crippen LogP contribution < -0.4 is 5.32 Å². The van der Waals surface area contributed by atoms with E-state index in [2.05, 4.69) is 57.8 Å². The number of thioether (sulfide) groups is 1. The average molecular weight is 439 g/mol. The third kappa shape index (κ3) is 4.09. The van der Waals surface area contributed by atoms with Crippen molar-refractivity contribution in [2.24, 2.45) is 10.2 Å². The van der Waals surface area contributed by atoms with Gasteiger partial charge in [0, 0.05) is 16.5 Å². The third-order valence-electron chi connectivity index (χ3n) is 5.59. The summed E-state index contributed by atoms with van der Waals surface area (Å²) >= 11 is 1.43. The number of benzene rings is 3. The number of carbonyl (C=O) groups excluding carboxylic acids is 1. The minimum absolute atomic E-state index is 0.0238. The van der Waals surface area contributed by atoms with E-state index >= 15 is 0 Å². The topological polar surface area (TPSA) is 69.6 Å². The summed E-state index contributed by atoms with van der Waals surface area (Å²) in [5.41, 5.74) is 6.47. The van der Waals surface area contributed by atoms with Crippen LogP contribution in [0.4, 0.5) is 0 Å². The number of amidine groups is 1. The predicted octanol–water partition coefficient (Wildman–Crippen LogP) is 5.31. The fraction of sp³-hybridized carbons (Fsp3) is 0.115. The first-order chi connectivity index (χ1) is 15.7. The highest BCUT2D eigenvalue weighted by molar-refractivity contribution is 8.15. The molecule has 1 fully saturated rings. The zero-order valence-electron chi connectivity index (χ0n) is 17.6. The number of aromatic nitrogens is 1. The van der Waals surface area contributed by atoms with Crippen molar-refractivity contribution in [3.8, 4) is 11.3 Å². The summed E-state index contributed by atoms with van der Waals surface area (Å²) in [5, 5.41) is 12.9. The highest BCUT2D eigenvalue weighted by Gasteiger charge is 2.30. The van der Waals surface area contributed by atoms with Crippen molar-refractivity contribution in [2.75, 3.05) is 0 Å². The van der Waals surface area contributed by atoms with Crippen molar-refractivity contribution in [3.63, 3.8) is 0 Å². The summed E-state index contributed by atoms with van der Waals surface area (Å²) < 4.78 is 0. The van der Waals surface area contributed by atoms with Crippen LogP contribution in [0.25, 0.3) is 22.2 Å². The maximum absolute atomic E-state index is 12.4. The second kappa shape index (κ2) is 8.85. The van der Waals surface area contributed by atoms with Crippen molar-refractivity contribution >= 4 is 40.0 Å². The van der Waals surface area contributed by atoms with E-state index in [9.17, 15) is 4.79 Å². The van der Waals surface area contributed by atoms with Gasteiger partial charge >= 0.3 is 0 Å². The van der Waals surface area contributed by atoms with Crippen LogP contribution in [0.3, 0.4) is 0 Å². The van der Waals surface area contributed by atoms with E-state index in [1.54, 1.807) is 6.21 Å². The molecule has 6 heteroatoms. The number of aromatic amines is 1. The molecule has 1 aromatic heterocycles. The molecule has 5 rings (SSSR count). The van der Waals surface area contributed by atoms with E-state index in [1.165, 1.54) is 22.9 Å². The van der Waals surface area contributed by atoms with Gasteiger partial charge in [-0.05, 0) is 36.1 Å². The van der Waals surface area contributed by atoms with Gasteiger partial charge in [-0.3, -0.25) is 4.79 Å². The molecule has 1 atom stereocenters. The molecule has 1 aliphatic rings. The molecule has 0 spiro atoms. The first-order valence-electron chi connectivity index (χ1n) is 10.5. The lowest BCUT2D eigenvalue weighted by Crippen LogP contribution is -2.26. The Balaban J connectivity index is 1.39. The fourth-order valence-corrected chi connectivity index (χ4v) is 4.85. The quantitative estimate of drug-likeness (QED) is 0.328. The zero-order valence-corrected chi connectivity index (χ0v) is 18.4. The van der Waals surface area contributed by atoms with Crippen molar-refractivity contribution < 1.29 is 4.79 Å². The van der Waals surface area contributed by atoms with Gasteiger partial charge in [-0.15, -0.1) is 5.10 Å². The summed E-state index contributed by atoms with van der Waals surface area (Å²) in [7, 11) is 0. The monoisotopic (exact) mass is 438 g/mol. The van der Waals surface area contributed by atoms with Gasteiger partial charge in [-0.25, -0.2) is 0 Å². The average Bonchev–Trinajstić information content (AvgIpc) is 3.36. The van der Waals surface area contributed by atoms with Gasteiger partial charge in [-0.2, -0.15) is 5.10 Å². The number of H-pyrrole nitrogens is 1. The molecule has 2 N–H and O–H groups in total. The molecule has 2 heterocycles. The second-order valence-corrected chi connectivity index (χ2v) is 8.89. The molecule has 32 heavy (non-hydrogen) atoms. The van der Waals surface area contributed by atoms with E-state index in [-0.39, 0.29) is 11.2 Å². The van der Waals surface area contributed by atoms with Crippen LogP contribution in [0.15, 0.2) is 89.1 Å². The molecule has 0 bridgehead atoms. The first-order valence-corrected chi connectivity index (χ1v) is 11.4. The van der Waals surface area contributed by atoms with Gasteiger partial charge in [0.2, 0.25) is 5.91 Å². The maximum atomic E-state index is 12.4. The van der Waals surface area contributed by atoms with Crippen LogP contribution in [0.1, 0.15) is 16.7 Å². The minimum Gasteiger partial charge on any atom is -0.354 e. The Hall–Kier alpha value is -3.64. The van der Waals surface area contributed by atoms with Gasteiger partial charge in [0.25, 0.3) is 0 Å². The molecule has 3 aromatic carbocycles. The number of amides is 1. The molecular weight excluding hydrogens is 416 g/mol. The molecule has 0 radical (unpaired) electrons. The van der Waals surface area contributed by atoms with E-state index in [0.29, 0.717) is 11.6 Å². The molecule has 1 aliphatic heterocycles. The van der Waals surface area contributed by atoms with Gasteiger partial charge in [0.05, 0.1) is 17.2 Å². The van der Waals surface area contributed by atoms with Crippen molar-refractivity contribution in [1.29, 1.82) is 0 Å². The minimum atomic E-state index is -0.196. The van der Waals surface area contributed by atoms with Gasteiger partial charge in [0.15, 0.2) is 5.17 Å². The van der Waals surface area contributed by atoms with Crippen molar-refractivity contribution in [1.82, 2.24) is 10.3 Å². The number of aryl methyl sites for hydroxylation is 1. The number of hydrogen-bond acceptors (Lipinski definition) is 4. The van der Waals surface area contributed by atoms with Gasteiger partial charge < -0.3 is 10.3 Å². The number of rotatable bonds is 5. The molecule has 158 valence electrons. The van der Waals surface area contributed by atoms with Gasteiger partial charge in [0.1, 0.15) is 0 Å². The van der Waals surface area contributed by atoms with E-state index in [0.717, 1.165) is 27.7 Å². The van der Waals surface area contributed by atoms with Crippen LogP contribution in [-0.4, -0.2) is 27.5 Å². The van der Waals surface area contributed by atoms with E-state index in [1.807, 2.05) is 48.5 Å². The molecule has 1 amide bonds. The number of hydrogen-bond donors (Lipinski definition) is 2. The number of para-hydroxylation sites is 1. The summed E-state index contributed by atoms with van der Waals surface area (Å²) in [6.45, 7) is 2.07. The fourth-order valence-electron chi connectivity index (χ4n) is 3.89. The Bertz CT molecular complexity index is 1340. The summed E-state index contributed by atoms with van der Waals surface area (Å²) in [6.07, 6.45) is 2.43. The Morgan fingerprint density at radius 2 is 1.72 bits per heavy atom. The van der Waals surface area contributed by atoms with Crippen LogP contribution in [0.5, 0.6) is 0 Å². The molecule has 5 nitrogen and oxygen atoms in total. The molecular formula is C26H22N4OS. The predicted molar refractivity (Wildman–Crippen MR) is 133 cm³/mol. The smallest absolute Gasteiger partial charge is 0.239 e. The summed E-state index contributed by atoms with van der Waals surface area (Å²) in [6, 6.07) is 26.4. The lowest BCUT2D eigenvalue weighted by molar-refractivity contribution is -0.118. The first kappa shape index (κ1) is 20.3. The third-order valence-corrected chi connectivity index (χ3v) is 6.66. The molecule has 4 aromatic rings. The molecule has 1 unspecified atom stereocenters. The lowest BCUT2D eigenvalue weighted by atomic mass is 10.0. The SMILES string of the molecule is Cc1ccccc1CC1S/C(=N/N=C/c2c(-c3ccccc3)[nH]c3ccccc23)NC1=O. The number of nitrogens with zero attached hydrogens (tertiary/aromatic N) is 2. The standard InChI is InChI=1S/C26H22N4OS/c1-17-9-5-6-12-19(17)15-23-25(31)29-26(32-23)30-27-16-21-20-13-7-8-14-22(20)28-24(21)18-10-3-2-4-11-18/h2-14,16,23,28H,15H2,1H3,(H,29,30,31)/b27-16+. The summed E-state index contributed by atoms with van der Waals surface area (Å²) in [5.74, 6) is -0.0238. The molecule has 0 saturated carbocycles. The number of nitrogens with one attached hydrogen (secondary N) is 2. The second-order valence-electron chi connectivity index (χ2n) is 7.70. The highest BCUT2D eigenvalue weighted by Crippen LogP contribution is 2.29. The highest BCUT2D eigenvalue weighted by atomic mass is 32.2. The maximum Gasteiger partial charge on any atom is 0.239 e. The number of fused-ring (bicyclic) bond motifs is 1. The van der Waals surface area contributed by atoms with E-state index in [4.69, 9.17) is 0 Å². The Labute approximate surface area is 190 Å². The van der Waals surface area contributed by atoms with Crippen molar-refractivity contribution in [2.45, 2.75) is 18.6 Å². The lowest BCUT2D eigenvalue weighted by Gasteiger charge is -2.07. The van der Waals surface area contributed by atoms with Crippen LogP contribution in [0, 0.1) is 6.92 Å². The van der Waals surface area contributed by atoms with Crippen molar-refractivity contribution in [3.05, 3.63) is 95.6 Å². The Morgan fingerprint density at radius 3 is 2.56 bits per heavy atom. The van der Waals surface area contributed by atoms with Crippen LogP contribution in [0.2, 0.25) is 0 Å². The normalized spacial score (nSPS) is 17.5. The molecule has 0 aliphatic carbocycles. The van der Waals surface area contributed by atoms with Crippen LogP contribution in [-0.2, 0) is 11.2 Å². The van der Waals surface area contributed by atoms with Crippen LogP contribution >= 0.6 is 11.8 Å². The number of carbonyl (C=O) groups is 1. The Kier molecular flexibility index (Phi) is 5.60. The van der Waals surface area contributed by atoms with E-state index < -0.39 is 0 Å². The Morgan fingerprint density at radius 1 is 0.969 bits per heavy atom. The van der Waals surface area contributed by atoms with Gasteiger partial charge in [-0.1, -0.05) is 84.6 Å². The summed E-state index contributed by atoms with van der Waals surface area (Å²) in [4.78, 5) is 15.9.